The molecule has 1 aliphatic rings. The number of rotatable bonds is 9. The molecule has 9 heteroatoms. The molecular weight excluding hydrogens is 480 g/mol. The number of amides is 2. The summed E-state index contributed by atoms with van der Waals surface area (Å²) in [5.41, 5.74) is 9.53. The summed E-state index contributed by atoms with van der Waals surface area (Å²) in [6, 6.07) is 17.1. The highest BCUT2D eigenvalue weighted by Crippen LogP contribution is 2.39. The van der Waals surface area contributed by atoms with Crippen LogP contribution in [-0.4, -0.2) is 62.5 Å². The van der Waals surface area contributed by atoms with Gasteiger partial charge in [0.15, 0.2) is 0 Å². The number of nitrogens with two attached hydrogens (primary N) is 1. The Hall–Kier alpha value is -4.53. The number of piperidine rings is 1. The van der Waals surface area contributed by atoms with Crippen molar-refractivity contribution in [1.82, 2.24) is 9.88 Å². The Morgan fingerprint density at radius 1 is 1.05 bits per heavy atom. The van der Waals surface area contributed by atoms with E-state index in [0.29, 0.717) is 36.0 Å². The monoisotopic (exact) mass is 514 g/mol. The first kappa shape index (κ1) is 26.5. The molecule has 2 N–H and O–H groups in total. The molecule has 0 aliphatic carbocycles. The molecule has 0 spiro atoms. The molecule has 9 nitrogen and oxygen atoms in total. The first-order valence-corrected chi connectivity index (χ1v) is 12.5. The van der Waals surface area contributed by atoms with Crippen molar-refractivity contribution in [1.29, 1.82) is 0 Å². The van der Waals surface area contributed by atoms with Gasteiger partial charge in [-0.25, -0.2) is 4.98 Å². The molecule has 2 aromatic carbocycles. The van der Waals surface area contributed by atoms with E-state index in [4.69, 9.17) is 10.5 Å². The van der Waals surface area contributed by atoms with Gasteiger partial charge in [-0.05, 0) is 73.5 Å². The highest BCUT2D eigenvalue weighted by atomic mass is 16.5. The largest absolute Gasteiger partial charge is 0.457 e. The van der Waals surface area contributed by atoms with Crippen molar-refractivity contribution in [3.05, 3.63) is 73.4 Å². The average molecular weight is 515 g/mol. The van der Waals surface area contributed by atoms with Crippen LogP contribution in [0.1, 0.15) is 12.8 Å². The molecule has 3 aromatic rings. The van der Waals surface area contributed by atoms with Crippen LogP contribution in [0.2, 0.25) is 0 Å². The summed E-state index contributed by atoms with van der Waals surface area (Å²) in [5, 5.41) is 0. The molecule has 0 radical (unpaired) electrons. The maximum atomic E-state index is 12.4. The van der Waals surface area contributed by atoms with Gasteiger partial charge in [-0.2, -0.15) is 0 Å². The first-order valence-electron chi connectivity index (χ1n) is 12.5. The third-order valence-electron chi connectivity index (χ3n) is 6.75. The van der Waals surface area contributed by atoms with Crippen LogP contribution in [0.25, 0.3) is 0 Å². The fraction of sp³-hybridized carbons (Fsp3) is 0.276. The van der Waals surface area contributed by atoms with Crippen molar-refractivity contribution in [3.8, 4) is 11.5 Å². The second-order valence-corrected chi connectivity index (χ2v) is 9.40. The molecule has 4 rings (SSSR count). The van der Waals surface area contributed by atoms with Crippen LogP contribution in [0.3, 0.4) is 0 Å². The predicted octanol–water partition coefficient (Wildman–Crippen LogP) is 4.43. The SMILES string of the molecule is C=CC(=O)N1CCCC(N(C=O)c2ccnc(N)c2N(C)c2ccc(Oc3ccc(N(C)C)cc3)cc2)C1. The van der Waals surface area contributed by atoms with Gasteiger partial charge in [0.2, 0.25) is 12.3 Å². The van der Waals surface area contributed by atoms with Crippen molar-refractivity contribution >= 4 is 40.9 Å². The van der Waals surface area contributed by atoms with Gasteiger partial charge < -0.3 is 30.1 Å². The standard InChI is InChI=1S/C29H34N6O3/c1-5-27(37)34-18-6-7-23(19-34)35(20-36)26-16-17-31-29(30)28(26)33(4)22-10-14-25(15-11-22)38-24-12-8-21(9-13-24)32(2)3/h5,8-17,20,23H,1,6-7,18-19H2,2-4H3,(H2,30,31). The first-order chi connectivity index (χ1) is 18.3. The number of aromatic nitrogens is 1. The summed E-state index contributed by atoms with van der Waals surface area (Å²) in [6.45, 7) is 4.66. The number of carbonyl (C=O) groups excluding carboxylic acids is 2. The number of nitrogens with zero attached hydrogens (tertiary/aromatic N) is 5. The predicted molar refractivity (Wildman–Crippen MR) is 152 cm³/mol. The summed E-state index contributed by atoms with van der Waals surface area (Å²) in [7, 11) is 5.87. The number of anilines is 5. The molecule has 1 aliphatic heterocycles. The molecule has 2 amide bonds. The average Bonchev–Trinajstić information content (AvgIpc) is 2.93. The molecule has 0 bridgehead atoms. The van der Waals surface area contributed by atoms with Gasteiger partial charge in [-0.1, -0.05) is 6.58 Å². The second kappa shape index (κ2) is 11.7. The van der Waals surface area contributed by atoms with Gasteiger partial charge in [-0.3, -0.25) is 9.59 Å². The number of carbonyl (C=O) groups is 2. The highest BCUT2D eigenvalue weighted by Gasteiger charge is 2.30. The van der Waals surface area contributed by atoms with Crippen molar-refractivity contribution in [2.24, 2.45) is 0 Å². The number of likely N-dealkylation sites (tertiary alicyclic amines) is 1. The van der Waals surface area contributed by atoms with Crippen molar-refractivity contribution in [2.75, 3.05) is 54.7 Å². The maximum Gasteiger partial charge on any atom is 0.246 e. The van der Waals surface area contributed by atoms with Crippen LogP contribution < -0.4 is 25.2 Å². The number of hydrogen-bond acceptors (Lipinski definition) is 7. The Morgan fingerprint density at radius 2 is 1.68 bits per heavy atom. The highest BCUT2D eigenvalue weighted by molar-refractivity contribution is 5.92. The molecule has 1 saturated heterocycles. The minimum absolute atomic E-state index is 0.136. The third-order valence-corrected chi connectivity index (χ3v) is 6.75. The zero-order chi connectivity index (χ0) is 27.2. The minimum Gasteiger partial charge on any atom is -0.457 e. The van der Waals surface area contributed by atoms with E-state index in [2.05, 4.69) is 11.6 Å². The van der Waals surface area contributed by atoms with Crippen LogP contribution >= 0.6 is 0 Å². The van der Waals surface area contributed by atoms with E-state index in [0.717, 1.165) is 36.4 Å². The molecule has 0 saturated carbocycles. The van der Waals surface area contributed by atoms with Crippen molar-refractivity contribution < 1.29 is 14.3 Å². The lowest BCUT2D eigenvalue weighted by Crippen LogP contribution is -2.49. The van der Waals surface area contributed by atoms with Gasteiger partial charge in [-0.15, -0.1) is 0 Å². The van der Waals surface area contributed by atoms with Crippen LogP contribution in [0.4, 0.5) is 28.6 Å². The fourth-order valence-electron chi connectivity index (χ4n) is 4.68. The molecule has 38 heavy (non-hydrogen) atoms. The number of ether oxygens (including phenoxy) is 1. The lowest BCUT2D eigenvalue weighted by atomic mass is 10.0. The molecule has 1 fully saturated rings. The lowest BCUT2D eigenvalue weighted by Gasteiger charge is -2.38. The Kier molecular flexibility index (Phi) is 8.15. The van der Waals surface area contributed by atoms with Crippen LogP contribution in [0, 0.1) is 0 Å². The van der Waals surface area contributed by atoms with Gasteiger partial charge in [0.1, 0.15) is 23.0 Å². The summed E-state index contributed by atoms with van der Waals surface area (Å²) in [5.74, 6) is 1.60. The molecule has 1 unspecified atom stereocenters. The van der Waals surface area contributed by atoms with Crippen LogP contribution in [0.5, 0.6) is 11.5 Å². The summed E-state index contributed by atoms with van der Waals surface area (Å²) in [6.07, 6.45) is 5.26. The van der Waals surface area contributed by atoms with Crippen molar-refractivity contribution in [2.45, 2.75) is 18.9 Å². The topological polar surface area (TPSA) is 95.2 Å². The van der Waals surface area contributed by atoms with E-state index in [1.165, 1.54) is 6.08 Å². The number of hydrogen-bond donors (Lipinski definition) is 1. The van der Waals surface area contributed by atoms with Crippen LogP contribution in [-0.2, 0) is 9.59 Å². The van der Waals surface area contributed by atoms with Gasteiger partial charge >= 0.3 is 0 Å². The zero-order valence-electron chi connectivity index (χ0n) is 22.1. The van der Waals surface area contributed by atoms with E-state index in [1.54, 1.807) is 22.1 Å². The summed E-state index contributed by atoms with van der Waals surface area (Å²) >= 11 is 0. The fourth-order valence-corrected chi connectivity index (χ4v) is 4.68. The zero-order valence-corrected chi connectivity index (χ0v) is 22.1. The lowest BCUT2D eigenvalue weighted by molar-refractivity contribution is -0.127. The summed E-state index contributed by atoms with van der Waals surface area (Å²) < 4.78 is 6.01. The van der Waals surface area contributed by atoms with E-state index >= 15 is 0 Å². The van der Waals surface area contributed by atoms with Gasteiger partial charge in [0.25, 0.3) is 0 Å². The van der Waals surface area contributed by atoms with E-state index in [9.17, 15) is 9.59 Å². The van der Waals surface area contributed by atoms with E-state index < -0.39 is 0 Å². The van der Waals surface area contributed by atoms with Gasteiger partial charge in [0, 0.05) is 51.8 Å². The molecule has 198 valence electrons. The van der Waals surface area contributed by atoms with Crippen LogP contribution in [0.15, 0.2) is 73.4 Å². The second-order valence-electron chi connectivity index (χ2n) is 9.40. The van der Waals surface area contributed by atoms with E-state index in [-0.39, 0.29) is 11.9 Å². The van der Waals surface area contributed by atoms with Crippen molar-refractivity contribution in [3.63, 3.8) is 0 Å². The number of pyridine rings is 1. The molecule has 2 heterocycles. The van der Waals surface area contributed by atoms with Gasteiger partial charge in [0.05, 0.1) is 11.7 Å². The normalized spacial score (nSPS) is 14.9. The Balaban J connectivity index is 1.56. The number of nitrogen functional groups attached to an aromatic ring is 1. The quantitative estimate of drug-likeness (QED) is 0.333. The minimum atomic E-state index is -0.186. The Bertz CT molecular complexity index is 1280. The smallest absolute Gasteiger partial charge is 0.246 e. The maximum absolute atomic E-state index is 12.4. The Labute approximate surface area is 223 Å². The summed E-state index contributed by atoms with van der Waals surface area (Å²) in [4.78, 5) is 36.2. The molecular formula is C29H34N6O3. The van der Waals surface area contributed by atoms with E-state index in [1.807, 2.05) is 79.5 Å². The Morgan fingerprint density at radius 3 is 2.26 bits per heavy atom. The molecule has 1 atom stereocenters. The number of benzene rings is 2. The third kappa shape index (κ3) is 5.72. The molecule has 1 aromatic heterocycles.